The van der Waals surface area contributed by atoms with Crippen LogP contribution in [0.1, 0.15) is 105 Å². The van der Waals surface area contributed by atoms with Gasteiger partial charge in [-0.1, -0.05) is 84.0 Å². The van der Waals surface area contributed by atoms with Crippen molar-refractivity contribution in [3.05, 3.63) is 65.7 Å². The number of aromatic hydroxyl groups is 1. The number of benzene rings is 2. The van der Waals surface area contributed by atoms with E-state index in [0.717, 1.165) is 4.90 Å². The molecule has 71 heavy (non-hydrogen) atoms. The van der Waals surface area contributed by atoms with Crippen molar-refractivity contribution in [2.45, 2.75) is 161 Å². The second kappa shape index (κ2) is 25.0. The first-order valence-electron chi connectivity index (χ1n) is 24.9. The fourth-order valence-corrected chi connectivity index (χ4v) is 9.56. The Bertz CT molecular complexity index is 2240. The zero-order valence-electron chi connectivity index (χ0n) is 42.6. The summed E-state index contributed by atoms with van der Waals surface area (Å²) < 4.78 is 5.97. The topological polar surface area (TPSA) is 253 Å². The van der Waals surface area contributed by atoms with Crippen molar-refractivity contribution >= 4 is 53.2 Å². The summed E-state index contributed by atoms with van der Waals surface area (Å²) in [6, 6.07) is 5.16. The van der Waals surface area contributed by atoms with Crippen molar-refractivity contribution in [2.24, 2.45) is 17.8 Å². The number of esters is 1. The summed E-state index contributed by atoms with van der Waals surface area (Å²) in [7, 11) is 1.39. The highest BCUT2D eigenvalue weighted by Crippen LogP contribution is 2.27. The molecule has 0 saturated carbocycles. The molecular formula is C52H74N8O11. The molecule has 2 aromatic rings. The highest BCUT2D eigenvalue weighted by atomic mass is 16.5. The summed E-state index contributed by atoms with van der Waals surface area (Å²) in [6.45, 7) is 14.0. The van der Waals surface area contributed by atoms with E-state index in [4.69, 9.17) is 4.74 Å². The Morgan fingerprint density at radius 1 is 0.662 bits per heavy atom. The van der Waals surface area contributed by atoms with Crippen molar-refractivity contribution in [3.63, 3.8) is 0 Å². The predicted molar refractivity (Wildman–Crippen MR) is 263 cm³/mol. The number of nitrogens with zero attached hydrogens (tertiary/aromatic N) is 3. The number of rotatable bonds is 10. The van der Waals surface area contributed by atoms with E-state index in [1.54, 1.807) is 56.3 Å². The van der Waals surface area contributed by atoms with Crippen LogP contribution in [0.4, 0.5) is 0 Å². The third kappa shape index (κ3) is 14.8. The van der Waals surface area contributed by atoms with Gasteiger partial charge in [-0.15, -0.1) is 0 Å². The second-order valence-electron chi connectivity index (χ2n) is 20.4. The van der Waals surface area contributed by atoms with Crippen LogP contribution in [0.2, 0.25) is 0 Å². The molecule has 3 aliphatic heterocycles. The first kappa shape index (κ1) is 55.4. The molecule has 388 valence electrons. The zero-order valence-corrected chi connectivity index (χ0v) is 42.6. The lowest BCUT2D eigenvalue weighted by Gasteiger charge is -2.35. The average molecular weight is 987 g/mol. The third-order valence-electron chi connectivity index (χ3n) is 13.3. The minimum Gasteiger partial charge on any atom is -0.508 e. The maximum absolute atomic E-state index is 14.7. The Morgan fingerprint density at radius 2 is 1.20 bits per heavy atom. The van der Waals surface area contributed by atoms with E-state index < -0.39 is 114 Å². The first-order valence-corrected chi connectivity index (χ1v) is 24.9. The van der Waals surface area contributed by atoms with Crippen LogP contribution < -0.4 is 26.6 Å². The van der Waals surface area contributed by atoms with Crippen LogP contribution in [0.25, 0.3) is 0 Å². The van der Waals surface area contributed by atoms with Gasteiger partial charge in [-0.3, -0.25) is 38.4 Å². The molecule has 0 unspecified atom stereocenters. The molecule has 0 bridgehead atoms. The molecule has 19 nitrogen and oxygen atoms in total. The molecule has 8 amide bonds. The SMILES string of the molecule is CC(=O)N[C@@H]1C(=O)N[C@@H](Cc2ccccc2)C(=O)N[C@@H](CC(C)C)C(=O)N[C@@H](C(C)C)C(=O)N2CCC[C@H]2C(=O)N2CCC[C@H]2C(=O)N[C@@H](CC(C)C)C(=O)N(C)[C@@H](Cc2ccc(O)cc2)C(=O)O[C@H]1C. The molecular weight excluding hydrogens is 913 g/mol. The van der Waals surface area contributed by atoms with E-state index >= 15 is 0 Å². The maximum atomic E-state index is 14.7. The van der Waals surface area contributed by atoms with Gasteiger partial charge in [0, 0.05) is 39.9 Å². The lowest BCUT2D eigenvalue weighted by atomic mass is 9.98. The van der Waals surface area contributed by atoms with Gasteiger partial charge in [-0.25, -0.2) is 4.79 Å². The monoisotopic (exact) mass is 987 g/mol. The predicted octanol–water partition coefficient (Wildman–Crippen LogP) is 2.12. The molecule has 0 aromatic heterocycles. The average Bonchev–Trinajstić information content (AvgIpc) is 4.02. The van der Waals surface area contributed by atoms with Crippen molar-refractivity contribution in [2.75, 3.05) is 20.1 Å². The zero-order chi connectivity index (χ0) is 52.3. The van der Waals surface area contributed by atoms with Crippen LogP contribution in [-0.2, 0) is 60.7 Å². The smallest absolute Gasteiger partial charge is 0.329 e. The molecule has 19 heteroatoms. The quantitative estimate of drug-likeness (QED) is 0.188. The fraction of sp³-hybridized carbons (Fsp3) is 0.596. The van der Waals surface area contributed by atoms with Gasteiger partial charge in [-0.2, -0.15) is 0 Å². The van der Waals surface area contributed by atoms with Gasteiger partial charge in [0.25, 0.3) is 0 Å². The van der Waals surface area contributed by atoms with Crippen LogP contribution in [0.3, 0.4) is 0 Å². The summed E-state index contributed by atoms with van der Waals surface area (Å²) in [5.74, 6) is -6.78. The van der Waals surface area contributed by atoms with Crippen LogP contribution in [0.5, 0.6) is 5.75 Å². The Morgan fingerprint density at radius 3 is 1.79 bits per heavy atom. The van der Waals surface area contributed by atoms with Gasteiger partial charge >= 0.3 is 5.97 Å². The highest BCUT2D eigenvalue weighted by molar-refractivity contribution is 5.98. The Balaban J connectivity index is 1.61. The van der Waals surface area contributed by atoms with Gasteiger partial charge in [-0.05, 0) is 86.5 Å². The van der Waals surface area contributed by atoms with Crippen LogP contribution in [0.15, 0.2) is 54.6 Å². The molecule has 5 rings (SSSR count). The number of phenolic OH excluding ortho intramolecular Hbond substituents is 1. The number of ether oxygens (including phenoxy) is 1. The number of cyclic esters (lactones) is 1. The number of phenols is 1. The molecule has 6 N–H and O–H groups in total. The van der Waals surface area contributed by atoms with Crippen LogP contribution in [-0.4, -0.2) is 148 Å². The van der Waals surface area contributed by atoms with E-state index in [1.807, 2.05) is 27.7 Å². The van der Waals surface area contributed by atoms with Crippen molar-refractivity contribution in [1.29, 1.82) is 0 Å². The van der Waals surface area contributed by atoms with Crippen molar-refractivity contribution in [1.82, 2.24) is 41.3 Å². The first-order chi connectivity index (χ1) is 33.6. The minimum absolute atomic E-state index is 0.0353. The van der Waals surface area contributed by atoms with Crippen LogP contribution in [0, 0.1) is 17.8 Å². The van der Waals surface area contributed by atoms with Gasteiger partial charge in [0.05, 0.1) is 0 Å². The van der Waals surface area contributed by atoms with Gasteiger partial charge in [0.2, 0.25) is 47.3 Å². The van der Waals surface area contributed by atoms with E-state index in [-0.39, 0.29) is 56.4 Å². The molecule has 3 saturated heterocycles. The standard InChI is InChI=1S/C52H74N8O11/c1-29(2)25-37-46(64)57-43(31(5)6)51(69)60-24-14-18-41(60)50(68)59-23-13-17-40(59)47(65)56-39(26-30(3)4)49(67)58(9)42(28-35-19-21-36(62)22-20-35)52(70)71-32(7)44(53-33(8)61)48(66)55-38(45(63)54-37)27-34-15-11-10-12-16-34/h10-12,15-16,19-22,29-32,37-44,62H,13-14,17-18,23-28H2,1-9H3,(H,53,61)(H,54,63)(H,55,66)(H,56,65)(H,57,64)/t32-,37-,38-,39-,40-,41-,42-,43-,44-/m0/s1. The Labute approximate surface area is 416 Å². The summed E-state index contributed by atoms with van der Waals surface area (Å²) in [6.07, 6.45) is 0.332. The van der Waals surface area contributed by atoms with Gasteiger partial charge < -0.3 is 51.1 Å². The number of likely N-dealkylation sites (N-methyl/N-ethyl adjacent to an activating group) is 1. The number of hydrogen-bond acceptors (Lipinski definition) is 11. The van der Waals surface area contributed by atoms with Crippen molar-refractivity contribution < 1.29 is 53.0 Å². The molecule has 9 atom stereocenters. The molecule has 3 aliphatic rings. The summed E-state index contributed by atoms with van der Waals surface area (Å²) in [5, 5.41) is 23.9. The lowest BCUT2D eigenvalue weighted by molar-refractivity contribution is -0.161. The number of fused-ring (bicyclic) bond motifs is 2. The summed E-state index contributed by atoms with van der Waals surface area (Å²) >= 11 is 0. The molecule has 3 heterocycles. The van der Waals surface area contributed by atoms with E-state index in [2.05, 4.69) is 26.6 Å². The van der Waals surface area contributed by atoms with Crippen molar-refractivity contribution in [3.8, 4) is 5.75 Å². The number of amides is 8. The summed E-state index contributed by atoms with van der Waals surface area (Å²) in [4.78, 5) is 133. The second-order valence-corrected chi connectivity index (χ2v) is 20.4. The van der Waals surface area contributed by atoms with E-state index in [1.165, 1.54) is 42.8 Å². The van der Waals surface area contributed by atoms with E-state index in [9.17, 15) is 48.3 Å². The van der Waals surface area contributed by atoms with Gasteiger partial charge in [0.15, 0.2) is 0 Å². The molecule has 3 fully saturated rings. The number of carbonyl (C=O) groups is 9. The number of carbonyl (C=O) groups excluding carboxylic acids is 9. The van der Waals surface area contributed by atoms with Gasteiger partial charge in [0.1, 0.15) is 60.2 Å². The molecule has 0 spiro atoms. The normalized spacial score (nSPS) is 27.0. The molecule has 0 aliphatic carbocycles. The minimum atomic E-state index is -1.57. The Kier molecular flexibility index (Phi) is 19.5. The highest BCUT2D eigenvalue weighted by Gasteiger charge is 2.46. The molecule has 2 aromatic carbocycles. The Hall–Kier alpha value is -6.53. The summed E-state index contributed by atoms with van der Waals surface area (Å²) in [5.41, 5.74) is 1.18. The fourth-order valence-electron chi connectivity index (χ4n) is 9.56. The number of nitrogens with one attached hydrogen (secondary N) is 5. The third-order valence-corrected chi connectivity index (χ3v) is 13.3. The molecule has 0 radical (unpaired) electrons. The largest absolute Gasteiger partial charge is 0.508 e. The number of hydrogen-bond donors (Lipinski definition) is 6. The maximum Gasteiger partial charge on any atom is 0.329 e. The van der Waals surface area contributed by atoms with E-state index in [0.29, 0.717) is 36.8 Å². The van der Waals surface area contributed by atoms with Crippen LogP contribution >= 0.6 is 0 Å². The lowest BCUT2D eigenvalue weighted by Crippen LogP contribution is -2.61.